The van der Waals surface area contributed by atoms with Crippen LogP contribution < -0.4 is 10.1 Å². The lowest BCUT2D eigenvalue weighted by atomic mass is 9.68. The van der Waals surface area contributed by atoms with Crippen LogP contribution in [-0.2, 0) is 11.3 Å². The fourth-order valence-corrected chi connectivity index (χ4v) is 3.73. The van der Waals surface area contributed by atoms with Crippen molar-refractivity contribution in [3.05, 3.63) is 29.8 Å². The predicted octanol–water partition coefficient (Wildman–Crippen LogP) is 3.05. The summed E-state index contributed by atoms with van der Waals surface area (Å²) in [5.74, 6) is 1.94. The fraction of sp³-hybridized carbons (Fsp3) is 0.650. The van der Waals surface area contributed by atoms with Crippen molar-refractivity contribution in [1.29, 1.82) is 0 Å². The monoisotopic (exact) mass is 345 g/mol. The lowest BCUT2D eigenvalue weighted by Gasteiger charge is -2.38. The molecule has 1 saturated heterocycles. The Morgan fingerprint density at radius 1 is 1.20 bits per heavy atom. The number of aliphatic imine (C=N–C) groups is 1. The summed E-state index contributed by atoms with van der Waals surface area (Å²) in [7, 11) is 1.68. The molecule has 25 heavy (non-hydrogen) atoms. The summed E-state index contributed by atoms with van der Waals surface area (Å²) in [5, 5.41) is 3.46. The Labute approximate surface area is 151 Å². The summed E-state index contributed by atoms with van der Waals surface area (Å²) in [6.07, 6.45) is 5.52. The molecule has 1 aliphatic carbocycles. The van der Waals surface area contributed by atoms with Crippen LogP contribution in [0.15, 0.2) is 29.3 Å². The molecule has 5 nitrogen and oxygen atoms in total. The van der Waals surface area contributed by atoms with E-state index in [4.69, 9.17) is 14.5 Å². The molecule has 0 atom stereocenters. The standard InChI is InChI=1S/C20H31N3O2/c1-3-21-19(23-12-11-20(16-23)9-4-10-20)22-15-17-5-7-18(8-6-17)25-14-13-24-2/h5-8H,3-4,9-16H2,1-2H3,(H,21,22). The molecule has 1 saturated carbocycles. The lowest BCUT2D eigenvalue weighted by molar-refractivity contribution is 0.146. The van der Waals surface area contributed by atoms with Gasteiger partial charge >= 0.3 is 0 Å². The van der Waals surface area contributed by atoms with Gasteiger partial charge in [0.2, 0.25) is 0 Å². The van der Waals surface area contributed by atoms with E-state index in [1.807, 2.05) is 12.1 Å². The van der Waals surface area contributed by atoms with Gasteiger partial charge in [-0.3, -0.25) is 0 Å². The highest BCUT2D eigenvalue weighted by Gasteiger charge is 2.43. The molecule has 0 radical (unpaired) electrons. The van der Waals surface area contributed by atoms with Gasteiger partial charge in [0.15, 0.2) is 5.96 Å². The summed E-state index contributed by atoms with van der Waals surface area (Å²) < 4.78 is 10.6. The summed E-state index contributed by atoms with van der Waals surface area (Å²) in [6, 6.07) is 8.19. The first-order valence-electron chi connectivity index (χ1n) is 9.49. The van der Waals surface area contributed by atoms with E-state index >= 15 is 0 Å². The molecule has 5 heteroatoms. The summed E-state index contributed by atoms with van der Waals surface area (Å²) in [4.78, 5) is 7.31. The normalized spacial score (nSPS) is 19.1. The van der Waals surface area contributed by atoms with Gasteiger partial charge in [0.05, 0.1) is 13.2 Å². The lowest BCUT2D eigenvalue weighted by Crippen LogP contribution is -2.42. The van der Waals surface area contributed by atoms with Crippen LogP contribution >= 0.6 is 0 Å². The van der Waals surface area contributed by atoms with Crippen LogP contribution in [0.3, 0.4) is 0 Å². The fourth-order valence-electron chi connectivity index (χ4n) is 3.73. The molecule has 1 aromatic carbocycles. The Hall–Kier alpha value is -1.75. The van der Waals surface area contributed by atoms with Gasteiger partial charge < -0.3 is 19.7 Å². The molecule has 1 heterocycles. The second-order valence-corrected chi connectivity index (χ2v) is 7.18. The van der Waals surface area contributed by atoms with Crippen molar-refractivity contribution >= 4 is 5.96 Å². The summed E-state index contributed by atoms with van der Waals surface area (Å²) >= 11 is 0. The first-order valence-corrected chi connectivity index (χ1v) is 9.49. The number of methoxy groups -OCH3 is 1. The number of guanidine groups is 1. The van der Waals surface area contributed by atoms with E-state index < -0.39 is 0 Å². The van der Waals surface area contributed by atoms with E-state index in [0.29, 0.717) is 25.2 Å². The minimum Gasteiger partial charge on any atom is -0.491 e. The van der Waals surface area contributed by atoms with Gasteiger partial charge in [-0.15, -0.1) is 0 Å². The van der Waals surface area contributed by atoms with Gasteiger partial charge in [-0.05, 0) is 49.3 Å². The van der Waals surface area contributed by atoms with Crippen LogP contribution in [0.2, 0.25) is 0 Å². The minimum absolute atomic E-state index is 0.579. The molecular formula is C20H31N3O2. The number of hydrogen-bond donors (Lipinski definition) is 1. The predicted molar refractivity (Wildman–Crippen MR) is 101 cm³/mol. The molecule has 3 rings (SSSR count). The Kier molecular flexibility index (Phi) is 6.19. The van der Waals surface area contributed by atoms with Crippen molar-refractivity contribution in [2.75, 3.05) is 40.0 Å². The van der Waals surface area contributed by atoms with Gasteiger partial charge in [0.25, 0.3) is 0 Å². The molecule has 0 unspecified atom stereocenters. The van der Waals surface area contributed by atoms with Gasteiger partial charge in [-0.1, -0.05) is 18.6 Å². The Bertz CT molecular complexity index is 567. The maximum atomic E-state index is 5.61. The molecule has 2 fully saturated rings. The van der Waals surface area contributed by atoms with Crippen LogP contribution in [0.1, 0.15) is 38.2 Å². The molecular weight excluding hydrogens is 314 g/mol. The molecule has 0 aromatic heterocycles. The van der Waals surface area contributed by atoms with Crippen molar-refractivity contribution in [1.82, 2.24) is 10.2 Å². The average molecular weight is 345 g/mol. The largest absolute Gasteiger partial charge is 0.491 e. The van der Waals surface area contributed by atoms with Crippen LogP contribution in [0.25, 0.3) is 0 Å². The van der Waals surface area contributed by atoms with Crippen LogP contribution in [-0.4, -0.2) is 50.8 Å². The van der Waals surface area contributed by atoms with E-state index in [-0.39, 0.29) is 0 Å². The van der Waals surface area contributed by atoms with Crippen LogP contribution in [0.5, 0.6) is 5.75 Å². The number of likely N-dealkylation sites (tertiary alicyclic amines) is 1. The zero-order valence-corrected chi connectivity index (χ0v) is 15.6. The van der Waals surface area contributed by atoms with E-state index in [0.717, 1.165) is 24.8 Å². The third-order valence-corrected chi connectivity index (χ3v) is 5.38. The summed E-state index contributed by atoms with van der Waals surface area (Å²) in [6.45, 7) is 7.24. The molecule has 1 N–H and O–H groups in total. The zero-order chi connectivity index (χ0) is 17.5. The summed E-state index contributed by atoms with van der Waals surface area (Å²) in [5.41, 5.74) is 1.80. The maximum absolute atomic E-state index is 5.61. The van der Waals surface area contributed by atoms with E-state index in [2.05, 4.69) is 29.3 Å². The molecule has 2 aliphatic rings. The number of nitrogens with one attached hydrogen (secondary N) is 1. The van der Waals surface area contributed by atoms with E-state index in [1.165, 1.54) is 37.8 Å². The molecule has 1 spiro atoms. The number of hydrogen-bond acceptors (Lipinski definition) is 3. The second-order valence-electron chi connectivity index (χ2n) is 7.18. The first-order chi connectivity index (χ1) is 12.2. The smallest absolute Gasteiger partial charge is 0.194 e. The highest BCUT2D eigenvalue weighted by molar-refractivity contribution is 5.80. The van der Waals surface area contributed by atoms with Crippen LogP contribution in [0, 0.1) is 5.41 Å². The Balaban J connectivity index is 1.56. The van der Waals surface area contributed by atoms with Crippen molar-refractivity contribution < 1.29 is 9.47 Å². The third kappa shape index (κ3) is 4.66. The molecule has 0 amide bonds. The van der Waals surface area contributed by atoms with Gasteiger partial charge in [0, 0.05) is 26.7 Å². The van der Waals surface area contributed by atoms with E-state index in [9.17, 15) is 0 Å². The quantitative estimate of drug-likeness (QED) is 0.469. The Morgan fingerprint density at radius 2 is 2.00 bits per heavy atom. The van der Waals surface area contributed by atoms with Crippen molar-refractivity contribution in [3.63, 3.8) is 0 Å². The third-order valence-electron chi connectivity index (χ3n) is 5.38. The molecule has 1 aliphatic heterocycles. The number of nitrogens with zero attached hydrogens (tertiary/aromatic N) is 2. The van der Waals surface area contributed by atoms with Crippen molar-refractivity contribution in [2.45, 2.75) is 39.2 Å². The Morgan fingerprint density at radius 3 is 2.60 bits per heavy atom. The minimum atomic E-state index is 0.579. The van der Waals surface area contributed by atoms with Crippen molar-refractivity contribution in [3.8, 4) is 5.75 Å². The molecule has 1 aromatic rings. The van der Waals surface area contributed by atoms with Gasteiger partial charge in [-0.25, -0.2) is 4.99 Å². The highest BCUT2D eigenvalue weighted by Crippen LogP contribution is 2.47. The van der Waals surface area contributed by atoms with Gasteiger partial charge in [0.1, 0.15) is 12.4 Å². The zero-order valence-electron chi connectivity index (χ0n) is 15.6. The molecule has 0 bridgehead atoms. The number of benzene rings is 1. The average Bonchev–Trinajstić information content (AvgIpc) is 3.06. The SMILES string of the molecule is CCNC(=NCc1ccc(OCCOC)cc1)N1CCC2(CCC2)C1. The van der Waals surface area contributed by atoms with Crippen molar-refractivity contribution in [2.24, 2.45) is 10.4 Å². The van der Waals surface area contributed by atoms with Gasteiger partial charge in [-0.2, -0.15) is 0 Å². The number of ether oxygens (including phenoxy) is 2. The number of rotatable bonds is 7. The van der Waals surface area contributed by atoms with E-state index in [1.54, 1.807) is 7.11 Å². The first kappa shape index (κ1) is 18.1. The topological polar surface area (TPSA) is 46.1 Å². The maximum Gasteiger partial charge on any atom is 0.194 e. The molecule has 138 valence electrons. The highest BCUT2D eigenvalue weighted by atomic mass is 16.5. The second kappa shape index (κ2) is 8.56. The van der Waals surface area contributed by atoms with Crippen LogP contribution in [0.4, 0.5) is 0 Å².